The first-order valence-corrected chi connectivity index (χ1v) is 5.34. The van der Waals surface area contributed by atoms with Crippen LogP contribution in [0, 0.1) is 6.92 Å². The lowest BCUT2D eigenvalue weighted by atomic mass is 10.2. The van der Waals surface area contributed by atoms with Gasteiger partial charge in [-0.15, -0.1) is 0 Å². The Hall–Kier alpha value is -2.17. The molecule has 0 saturated carbocycles. The van der Waals surface area contributed by atoms with Crippen molar-refractivity contribution < 1.29 is 0 Å². The molecule has 5 heteroatoms. The summed E-state index contributed by atoms with van der Waals surface area (Å²) in [7, 11) is 1.70. The first-order chi connectivity index (χ1) is 8.18. The number of rotatable bonds is 3. The number of anilines is 1. The smallest absolute Gasteiger partial charge is 0.293 e. The fraction of sp³-hybridized carbons (Fsp3) is 0.250. The predicted molar refractivity (Wildman–Crippen MR) is 65.8 cm³/mol. The Bertz CT molecular complexity index is 577. The largest absolute Gasteiger partial charge is 0.360 e. The molecule has 1 N–H and O–H groups in total. The van der Waals surface area contributed by atoms with Crippen LogP contribution in [0.25, 0.3) is 0 Å². The summed E-state index contributed by atoms with van der Waals surface area (Å²) in [6.45, 7) is 2.49. The van der Waals surface area contributed by atoms with Crippen LogP contribution >= 0.6 is 0 Å². The number of pyridine rings is 1. The van der Waals surface area contributed by atoms with Crippen molar-refractivity contribution in [3.05, 3.63) is 52.3 Å². The lowest BCUT2D eigenvalue weighted by Gasteiger charge is -2.07. The van der Waals surface area contributed by atoms with Gasteiger partial charge in [0.25, 0.3) is 5.56 Å². The van der Waals surface area contributed by atoms with Crippen molar-refractivity contribution in [2.24, 2.45) is 7.05 Å². The van der Waals surface area contributed by atoms with Gasteiger partial charge in [0.2, 0.25) is 0 Å². The van der Waals surface area contributed by atoms with Gasteiger partial charge < -0.3 is 9.88 Å². The third-order valence-corrected chi connectivity index (χ3v) is 2.56. The van der Waals surface area contributed by atoms with Gasteiger partial charge in [-0.05, 0) is 18.6 Å². The molecule has 0 aliphatic rings. The van der Waals surface area contributed by atoms with Crippen LogP contribution in [0.15, 0.2) is 35.5 Å². The van der Waals surface area contributed by atoms with E-state index in [-0.39, 0.29) is 5.56 Å². The summed E-state index contributed by atoms with van der Waals surface area (Å²) in [6.07, 6.45) is 4.95. The standard InChI is InChI=1S/C12H14N4O/c1-9-4-3-5-13-10(9)8-15-11-12(17)16(2)7-6-14-11/h3-7H,8H2,1-2H3,(H,14,15). The van der Waals surface area contributed by atoms with E-state index in [1.165, 1.54) is 4.57 Å². The van der Waals surface area contributed by atoms with Gasteiger partial charge in [0, 0.05) is 25.6 Å². The molecule has 2 aromatic heterocycles. The van der Waals surface area contributed by atoms with E-state index >= 15 is 0 Å². The van der Waals surface area contributed by atoms with Crippen molar-refractivity contribution >= 4 is 5.82 Å². The average Bonchev–Trinajstić information content (AvgIpc) is 2.33. The highest BCUT2D eigenvalue weighted by Gasteiger charge is 2.03. The molecule has 2 aromatic rings. The summed E-state index contributed by atoms with van der Waals surface area (Å²) in [4.78, 5) is 20.0. The van der Waals surface area contributed by atoms with E-state index in [2.05, 4.69) is 15.3 Å². The van der Waals surface area contributed by atoms with E-state index in [1.54, 1.807) is 25.6 Å². The normalized spacial score (nSPS) is 10.2. The molecule has 0 fully saturated rings. The highest BCUT2D eigenvalue weighted by atomic mass is 16.1. The highest BCUT2D eigenvalue weighted by molar-refractivity contribution is 5.32. The van der Waals surface area contributed by atoms with Crippen LogP contribution in [0.5, 0.6) is 0 Å². The maximum atomic E-state index is 11.7. The molecule has 0 saturated heterocycles. The summed E-state index contributed by atoms with van der Waals surface area (Å²) < 4.78 is 1.49. The first kappa shape index (κ1) is 11.3. The molecule has 0 amide bonds. The van der Waals surface area contributed by atoms with Gasteiger partial charge in [-0.2, -0.15) is 0 Å². The van der Waals surface area contributed by atoms with Crippen molar-refractivity contribution in [1.29, 1.82) is 0 Å². The van der Waals surface area contributed by atoms with Crippen molar-refractivity contribution in [1.82, 2.24) is 14.5 Å². The molecule has 0 radical (unpaired) electrons. The van der Waals surface area contributed by atoms with E-state index in [0.29, 0.717) is 12.4 Å². The van der Waals surface area contributed by atoms with Crippen LogP contribution in [-0.2, 0) is 13.6 Å². The summed E-state index contributed by atoms with van der Waals surface area (Å²) in [5.74, 6) is 0.347. The molecule has 0 aliphatic heterocycles. The van der Waals surface area contributed by atoms with Crippen LogP contribution in [0.3, 0.4) is 0 Å². The van der Waals surface area contributed by atoms with Crippen LogP contribution < -0.4 is 10.9 Å². The van der Waals surface area contributed by atoms with Gasteiger partial charge in [-0.25, -0.2) is 4.98 Å². The monoisotopic (exact) mass is 230 g/mol. The summed E-state index contributed by atoms with van der Waals surface area (Å²) in [6, 6.07) is 3.87. The molecule has 0 bridgehead atoms. The van der Waals surface area contributed by atoms with Gasteiger partial charge >= 0.3 is 0 Å². The molecule has 0 atom stereocenters. The first-order valence-electron chi connectivity index (χ1n) is 5.34. The maximum Gasteiger partial charge on any atom is 0.293 e. The number of nitrogens with one attached hydrogen (secondary N) is 1. The maximum absolute atomic E-state index is 11.7. The average molecular weight is 230 g/mol. The van der Waals surface area contributed by atoms with Crippen molar-refractivity contribution in [3.63, 3.8) is 0 Å². The Morgan fingerprint density at radius 3 is 2.94 bits per heavy atom. The van der Waals surface area contributed by atoms with Gasteiger partial charge in [-0.1, -0.05) is 6.07 Å². The third kappa shape index (κ3) is 2.50. The Morgan fingerprint density at radius 2 is 2.18 bits per heavy atom. The van der Waals surface area contributed by atoms with E-state index in [0.717, 1.165) is 11.3 Å². The Morgan fingerprint density at radius 1 is 1.35 bits per heavy atom. The molecule has 0 aromatic carbocycles. The molecule has 0 spiro atoms. The molecular weight excluding hydrogens is 216 g/mol. The van der Waals surface area contributed by atoms with Gasteiger partial charge in [-0.3, -0.25) is 9.78 Å². The van der Waals surface area contributed by atoms with E-state index < -0.39 is 0 Å². The van der Waals surface area contributed by atoms with Crippen molar-refractivity contribution in [2.45, 2.75) is 13.5 Å². The lowest BCUT2D eigenvalue weighted by Crippen LogP contribution is -2.22. The fourth-order valence-electron chi connectivity index (χ4n) is 1.49. The highest BCUT2D eigenvalue weighted by Crippen LogP contribution is 2.04. The molecule has 0 unspecified atom stereocenters. The van der Waals surface area contributed by atoms with E-state index in [9.17, 15) is 4.79 Å². The van der Waals surface area contributed by atoms with Gasteiger partial charge in [0.15, 0.2) is 5.82 Å². The zero-order valence-electron chi connectivity index (χ0n) is 9.84. The molecule has 2 heterocycles. The second-order valence-electron chi connectivity index (χ2n) is 3.81. The zero-order chi connectivity index (χ0) is 12.3. The molecule has 5 nitrogen and oxygen atoms in total. The number of aryl methyl sites for hydroxylation is 2. The minimum atomic E-state index is -0.138. The van der Waals surface area contributed by atoms with Crippen LogP contribution in [0.2, 0.25) is 0 Å². The molecule has 0 aliphatic carbocycles. The van der Waals surface area contributed by atoms with Crippen LogP contribution in [-0.4, -0.2) is 14.5 Å². The molecule has 17 heavy (non-hydrogen) atoms. The number of nitrogens with zero attached hydrogens (tertiary/aromatic N) is 3. The quantitative estimate of drug-likeness (QED) is 0.857. The van der Waals surface area contributed by atoms with Crippen LogP contribution in [0.4, 0.5) is 5.82 Å². The zero-order valence-corrected chi connectivity index (χ0v) is 9.84. The van der Waals surface area contributed by atoms with Gasteiger partial charge in [0.1, 0.15) is 0 Å². The second-order valence-corrected chi connectivity index (χ2v) is 3.81. The van der Waals surface area contributed by atoms with Crippen molar-refractivity contribution in [2.75, 3.05) is 5.32 Å². The Kier molecular flexibility index (Phi) is 3.18. The van der Waals surface area contributed by atoms with E-state index in [4.69, 9.17) is 0 Å². The van der Waals surface area contributed by atoms with Crippen LogP contribution in [0.1, 0.15) is 11.3 Å². The summed E-state index contributed by atoms with van der Waals surface area (Å²) >= 11 is 0. The summed E-state index contributed by atoms with van der Waals surface area (Å²) in [5, 5.41) is 3.00. The van der Waals surface area contributed by atoms with Gasteiger partial charge in [0.05, 0.1) is 12.2 Å². The molecular formula is C12H14N4O. The Labute approximate surface area is 99.2 Å². The molecule has 2 rings (SSSR count). The minimum absolute atomic E-state index is 0.138. The number of aromatic nitrogens is 3. The van der Waals surface area contributed by atoms with E-state index in [1.807, 2.05) is 19.1 Å². The Balaban J connectivity index is 2.16. The fourth-order valence-corrected chi connectivity index (χ4v) is 1.49. The van der Waals surface area contributed by atoms with Crippen molar-refractivity contribution in [3.8, 4) is 0 Å². The number of hydrogen-bond donors (Lipinski definition) is 1. The molecule has 88 valence electrons. The number of hydrogen-bond acceptors (Lipinski definition) is 4. The lowest BCUT2D eigenvalue weighted by molar-refractivity contribution is 0.837. The second kappa shape index (κ2) is 4.78. The SMILES string of the molecule is Cc1cccnc1CNc1nccn(C)c1=O. The third-order valence-electron chi connectivity index (χ3n) is 2.56. The topological polar surface area (TPSA) is 59.8 Å². The predicted octanol–water partition coefficient (Wildman–Crippen LogP) is 1.10. The summed E-state index contributed by atoms with van der Waals surface area (Å²) in [5.41, 5.74) is 1.87. The minimum Gasteiger partial charge on any atom is -0.360 e.